The number of para-hydroxylation sites is 2. The van der Waals surface area contributed by atoms with Crippen LogP contribution in [0.15, 0.2) is 45.1 Å². The third-order valence-corrected chi connectivity index (χ3v) is 6.31. The highest BCUT2D eigenvalue weighted by Crippen LogP contribution is 2.32. The normalized spacial score (nSPS) is 11.8. The number of anilines is 1. The standard InChI is InChI=1S/C15H16N4O3S3/c1-9(2)8-23-14-17-18-15(25-14)24-10(3)13(20)16-11-6-4-5-7-12(11)19(21)22/h4-7,10H,1,8H2,2-3H3,(H,16,20)/t10-/m0/s1. The van der Waals surface area contributed by atoms with E-state index in [-0.39, 0.29) is 17.3 Å². The van der Waals surface area contributed by atoms with Crippen LogP contribution in [0.1, 0.15) is 13.8 Å². The molecule has 2 aromatic rings. The summed E-state index contributed by atoms with van der Waals surface area (Å²) >= 11 is 4.23. The predicted molar refractivity (Wildman–Crippen MR) is 102 cm³/mol. The van der Waals surface area contributed by atoms with Crippen LogP contribution in [0.4, 0.5) is 11.4 Å². The van der Waals surface area contributed by atoms with Crippen molar-refractivity contribution in [3.8, 4) is 0 Å². The average Bonchev–Trinajstić information content (AvgIpc) is 3.00. The summed E-state index contributed by atoms with van der Waals surface area (Å²) in [5.41, 5.74) is 1.09. The minimum atomic E-state index is -0.525. The molecule has 0 aliphatic rings. The van der Waals surface area contributed by atoms with Crippen LogP contribution < -0.4 is 5.32 Å². The molecule has 10 heteroatoms. The number of nitrogens with zero attached hydrogens (tertiary/aromatic N) is 3. The zero-order valence-corrected chi connectivity index (χ0v) is 16.0. The van der Waals surface area contributed by atoms with E-state index in [9.17, 15) is 14.9 Å². The minimum absolute atomic E-state index is 0.137. The Morgan fingerprint density at radius 1 is 1.40 bits per heavy atom. The molecule has 1 heterocycles. The van der Waals surface area contributed by atoms with E-state index in [1.54, 1.807) is 30.8 Å². The molecule has 0 unspecified atom stereocenters. The molecule has 2 rings (SSSR count). The Morgan fingerprint density at radius 2 is 2.08 bits per heavy atom. The third kappa shape index (κ3) is 5.83. The summed E-state index contributed by atoms with van der Waals surface area (Å²) in [7, 11) is 0. The van der Waals surface area contributed by atoms with Crippen molar-refractivity contribution in [2.24, 2.45) is 0 Å². The van der Waals surface area contributed by atoms with E-state index in [0.717, 1.165) is 15.7 Å². The lowest BCUT2D eigenvalue weighted by Gasteiger charge is -2.10. The molecule has 0 aliphatic heterocycles. The molecule has 0 saturated carbocycles. The molecule has 0 fully saturated rings. The molecule has 1 aromatic carbocycles. The van der Waals surface area contributed by atoms with Crippen LogP contribution in [0.5, 0.6) is 0 Å². The van der Waals surface area contributed by atoms with Crippen LogP contribution in [0.25, 0.3) is 0 Å². The number of amides is 1. The van der Waals surface area contributed by atoms with Gasteiger partial charge in [-0.2, -0.15) is 0 Å². The van der Waals surface area contributed by atoms with E-state index in [4.69, 9.17) is 0 Å². The molecule has 7 nitrogen and oxygen atoms in total. The minimum Gasteiger partial charge on any atom is -0.319 e. The van der Waals surface area contributed by atoms with Crippen molar-refractivity contribution in [3.63, 3.8) is 0 Å². The molecule has 0 spiro atoms. The summed E-state index contributed by atoms with van der Waals surface area (Å²) in [6.45, 7) is 7.50. The molecule has 1 aromatic heterocycles. The van der Waals surface area contributed by atoms with Crippen molar-refractivity contribution in [2.45, 2.75) is 27.8 Å². The van der Waals surface area contributed by atoms with Crippen molar-refractivity contribution in [1.82, 2.24) is 10.2 Å². The Balaban J connectivity index is 1.97. The summed E-state index contributed by atoms with van der Waals surface area (Å²) in [4.78, 5) is 22.8. The van der Waals surface area contributed by atoms with Gasteiger partial charge in [-0.1, -0.05) is 59.1 Å². The Kier molecular flexibility index (Phi) is 6.97. The fourth-order valence-electron chi connectivity index (χ4n) is 1.67. The first-order chi connectivity index (χ1) is 11.9. The summed E-state index contributed by atoms with van der Waals surface area (Å²) in [6.07, 6.45) is 0. The number of hydrogen-bond acceptors (Lipinski definition) is 8. The maximum absolute atomic E-state index is 12.3. The van der Waals surface area contributed by atoms with Gasteiger partial charge in [-0.15, -0.1) is 10.2 Å². The number of nitrogens with one attached hydrogen (secondary N) is 1. The Bertz CT molecular complexity index is 794. The van der Waals surface area contributed by atoms with Crippen LogP contribution in [-0.4, -0.2) is 32.0 Å². The molecule has 1 N–H and O–H groups in total. The summed E-state index contributed by atoms with van der Waals surface area (Å²) in [6, 6.07) is 6.04. The van der Waals surface area contributed by atoms with Crippen molar-refractivity contribution in [3.05, 3.63) is 46.5 Å². The van der Waals surface area contributed by atoms with Gasteiger partial charge < -0.3 is 5.32 Å². The second-order valence-corrected chi connectivity index (χ2v) is 8.89. The zero-order chi connectivity index (χ0) is 18.4. The number of carbonyl (C=O) groups excluding carboxylic acids is 1. The smallest absolute Gasteiger partial charge is 0.292 e. The van der Waals surface area contributed by atoms with Crippen LogP contribution in [0.3, 0.4) is 0 Å². The third-order valence-electron chi connectivity index (χ3n) is 2.84. The highest BCUT2D eigenvalue weighted by Gasteiger charge is 2.21. The van der Waals surface area contributed by atoms with E-state index in [1.165, 1.54) is 35.2 Å². The molecule has 1 amide bonds. The van der Waals surface area contributed by atoms with Crippen LogP contribution in [-0.2, 0) is 4.79 Å². The van der Waals surface area contributed by atoms with Crippen molar-refractivity contribution < 1.29 is 9.72 Å². The number of nitro groups is 1. The number of thioether (sulfide) groups is 2. The Labute approximate surface area is 157 Å². The van der Waals surface area contributed by atoms with Crippen molar-refractivity contribution in [1.29, 1.82) is 0 Å². The van der Waals surface area contributed by atoms with Gasteiger partial charge in [-0.05, 0) is 19.9 Å². The Hall–Kier alpha value is -1.91. The van der Waals surface area contributed by atoms with Crippen molar-refractivity contribution >= 4 is 52.1 Å². The maximum Gasteiger partial charge on any atom is 0.292 e. The van der Waals surface area contributed by atoms with Crippen LogP contribution in [0.2, 0.25) is 0 Å². The number of benzene rings is 1. The fourth-order valence-corrected chi connectivity index (χ4v) is 4.67. The maximum atomic E-state index is 12.3. The first-order valence-corrected chi connectivity index (χ1v) is 9.86. The average molecular weight is 397 g/mol. The van der Waals surface area contributed by atoms with Gasteiger partial charge >= 0.3 is 0 Å². The molecular weight excluding hydrogens is 380 g/mol. The van der Waals surface area contributed by atoms with Gasteiger partial charge in [0.05, 0.1) is 10.2 Å². The van der Waals surface area contributed by atoms with Crippen LogP contribution in [0, 0.1) is 10.1 Å². The van der Waals surface area contributed by atoms with Gasteiger partial charge in [-0.3, -0.25) is 14.9 Å². The van der Waals surface area contributed by atoms with E-state index in [0.29, 0.717) is 4.34 Å². The first-order valence-electron chi connectivity index (χ1n) is 7.18. The predicted octanol–water partition coefficient (Wildman–Crippen LogP) is 4.23. The van der Waals surface area contributed by atoms with E-state index < -0.39 is 10.2 Å². The molecule has 132 valence electrons. The quantitative estimate of drug-likeness (QED) is 0.308. The molecule has 0 bridgehead atoms. The summed E-state index contributed by atoms with van der Waals surface area (Å²) < 4.78 is 1.49. The van der Waals surface area contributed by atoms with Gasteiger partial charge in [0.1, 0.15) is 5.69 Å². The Morgan fingerprint density at radius 3 is 2.76 bits per heavy atom. The first kappa shape index (κ1) is 19.4. The molecule has 1 atom stereocenters. The lowest BCUT2D eigenvalue weighted by atomic mass is 10.2. The molecule has 0 aliphatic carbocycles. The second kappa shape index (κ2) is 8.97. The number of carbonyl (C=O) groups is 1. The fraction of sp³-hybridized carbons (Fsp3) is 0.267. The molecule has 0 radical (unpaired) electrons. The van der Waals surface area contributed by atoms with Gasteiger partial charge in [-0.25, -0.2) is 0 Å². The summed E-state index contributed by atoms with van der Waals surface area (Å²) in [5.74, 6) is 0.443. The lowest BCUT2D eigenvalue weighted by Crippen LogP contribution is -2.22. The second-order valence-electron chi connectivity index (χ2n) is 5.10. The van der Waals surface area contributed by atoms with E-state index in [1.807, 2.05) is 6.92 Å². The molecule has 0 saturated heterocycles. The highest BCUT2D eigenvalue weighted by molar-refractivity contribution is 8.04. The van der Waals surface area contributed by atoms with Gasteiger partial charge in [0, 0.05) is 11.8 Å². The highest BCUT2D eigenvalue weighted by atomic mass is 32.2. The topological polar surface area (TPSA) is 98.0 Å². The SMILES string of the molecule is C=C(C)CSc1nnc(S[C@@H](C)C(=O)Nc2ccccc2[N+](=O)[O-])s1. The van der Waals surface area contributed by atoms with E-state index >= 15 is 0 Å². The van der Waals surface area contributed by atoms with Crippen molar-refractivity contribution in [2.75, 3.05) is 11.1 Å². The number of hydrogen-bond donors (Lipinski definition) is 1. The summed E-state index contributed by atoms with van der Waals surface area (Å²) in [5, 5.41) is 21.3. The number of aromatic nitrogens is 2. The molecular formula is C15H16N4O3S3. The van der Waals surface area contributed by atoms with E-state index in [2.05, 4.69) is 22.1 Å². The van der Waals surface area contributed by atoms with Gasteiger partial charge in [0.15, 0.2) is 8.68 Å². The monoisotopic (exact) mass is 396 g/mol. The van der Waals surface area contributed by atoms with Gasteiger partial charge in [0.2, 0.25) is 5.91 Å². The van der Waals surface area contributed by atoms with Crippen LogP contribution >= 0.6 is 34.9 Å². The number of nitro benzene ring substituents is 1. The lowest BCUT2D eigenvalue weighted by molar-refractivity contribution is -0.383. The zero-order valence-electron chi connectivity index (χ0n) is 13.6. The van der Waals surface area contributed by atoms with Gasteiger partial charge in [0.25, 0.3) is 5.69 Å². The number of rotatable bonds is 8. The largest absolute Gasteiger partial charge is 0.319 e. The molecule has 25 heavy (non-hydrogen) atoms.